The summed E-state index contributed by atoms with van der Waals surface area (Å²) in [5.41, 5.74) is 1.02. The first-order valence-corrected chi connectivity index (χ1v) is 12.2. The van der Waals surface area contributed by atoms with E-state index >= 15 is 4.39 Å². The quantitative estimate of drug-likeness (QED) is 0.686. The highest BCUT2D eigenvalue weighted by Crippen LogP contribution is 2.52. The minimum Gasteiger partial charge on any atom is -0.368 e. The second kappa shape index (κ2) is 8.07. The highest BCUT2D eigenvalue weighted by molar-refractivity contribution is 5.15. The van der Waals surface area contributed by atoms with E-state index in [0.717, 1.165) is 56.9 Å². The molecule has 0 bridgehead atoms. The Morgan fingerprint density at radius 2 is 1.23 bits per heavy atom. The van der Waals surface area contributed by atoms with Crippen LogP contribution < -0.4 is 0 Å². The van der Waals surface area contributed by atoms with Crippen LogP contribution in [0.2, 0.25) is 0 Å². The van der Waals surface area contributed by atoms with Crippen LogP contribution in [0.4, 0.5) is 4.39 Å². The van der Waals surface area contributed by atoms with E-state index in [0.29, 0.717) is 6.61 Å². The highest BCUT2D eigenvalue weighted by atomic mass is 19.1. The van der Waals surface area contributed by atoms with Gasteiger partial charge in [0.25, 0.3) is 0 Å². The van der Waals surface area contributed by atoms with Crippen LogP contribution in [-0.4, -0.2) is 48.3 Å². The van der Waals surface area contributed by atoms with Gasteiger partial charge in [0.15, 0.2) is 17.7 Å². The maximum Gasteiger partial charge on any atom is 0.169 e. The second-order valence-corrected chi connectivity index (χ2v) is 9.98. The Morgan fingerprint density at radius 1 is 0.710 bits per heavy atom. The molecule has 6 heteroatoms. The molecule has 1 aromatic rings. The lowest BCUT2D eigenvalue weighted by molar-refractivity contribution is -0.224. The number of rotatable bonds is 3. The number of fused-ring (bicyclic) bond motifs is 3. The molecular formula is C25H33FO5. The van der Waals surface area contributed by atoms with Gasteiger partial charge in [-0.2, -0.15) is 0 Å². The van der Waals surface area contributed by atoms with Crippen LogP contribution in [0.1, 0.15) is 69.8 Å². The summed E-state index contributed by atoms with van der Waals surface area (Å²) in [6.07, 6.45) is 6.03. The number of halogens is 1. The lowest BCUT2D eigenvalue weighted by Gasteiger charge is -2.39. The molecular weight excluding hydrogens is 399 g/mol. The molecule has 2 aliphatic heterocycles. The van der Waals surface area contributed by atoms with Gasteiger partial charge in [0.2, 0.25) is 0 Å². The summed E-state index contributed by atoms with van der Waals surface area (Å²) in [7, 11) is 0. The van der Waals surface area contributed by atoms with Crippen LogP contribution in [-0.2, 0) is 30.3 Å². The topological polar surface area (TPSA) is 46.2 Å². The summed E-state index contributed by atoms with van der Waals surface area (Å²) in [5.74, 6) is -1.29. The van der Waals surface area contributed by atoms with Crippen molar-refractivity contribution in [1.29, 1.82) is 0 Å². The fraction of sp³-hybridized carbons (Fsp3) is 0.760. The minimum absolute atomic E-state index is 0.342. The highest BCUT2D eigenvalue weighted by Gasteiger charge is 2.67. The molecule has 0 N–H and O–H groups in total. The van der Waals surface area contributed by atoms with E-state index in [9.17, 15) is 0 Å². The van der Waals surface area contributed by atoms with E-state index < -0.39 is 42.2 Å². The number of alkyl halides is 1. The Kier molecular flexibility index (Phi) is 5.35. The van der Waals surface area contributed by atoms with Gasteiger partial charge in [0, 0.05) is 25.7 Å². The number of benzene rings is 1. The molecule has 1 aromatic carbocycles. The average molecular weight is 433 g/mol. The summed E-state index contributed by atoms with van der Waals surface area (Å²) in [5, 5.41) is 0. The Balaban J connectivity index is 1.28. The molecule has 6 rings (SSSR count). The smallest absolute Gasteiger partial charge is 0.169 e. The summed E-state index contributed by atoms with van der Waals surface area (Å²) in [6, 6.07) is 9.90. The largest absolute Gasteiger partial charge is 0.368 e. The fourth-order valence-electron chi connectivity index (χ4n) is 6.30. The van der Waals surface area contributed by atoms with Gasteiger partial charge < -0.3 is 23.7 Å². The van der Waals surface area contributed by atoms with E-state index in [-0.39, 0.29) is 6.10 Å². The van der Waals surface area contributed by atoms with Crippen molar-refractivity contribution in [2.45, 2.75) is 119 Å². The summed E-state index contributed by atoms with van der Waals surface area (Å²) in [6.45, 7) is 0.342. The lowest BCUT2D eigenvalue weighted by Crippen LogP contribution is -2.60. The Morgan fingerprint density at radius 3 is 1.84 bits per heavy atom. The Bertz CT molecular complexity index is 760. The number of hydrogen-bond donors (Lipinski definition) is 0. The van der Waals surface area contributed by atoms with Crippen LogP contribution in [0, 0.1) is 0 Å². The molecule has 2 saturated heterocycles. The molecule has 0 unspecified atom stereocenters. The molecule has 5 aliphatic rings. The molecule has 0 aromatic heterocycles. The number of hydrogen-bond acceptors (Lipinski definition) is 5. The second-order valence-electron chi connectivity index (χ2n) is 9.98. The van der Waals surface area contributed by atoms with Gasteiger partial charge in [0.05, 0.1) is 6.61 Å². The van der Waals surface area contributed by atoms with Crippen LogP contribution in [0.5, 0.6) is 0 Å². The first-order valence-electron chi connectivity index (χ1n) is 12.2. The first-order chi connectivity index (χ1) is 15.2. The maximum absolute atomic E-state index is 16.0. The number of ether oxygens (including phenoxy) is 5. The predicted molar refractivity (Wildman–Crippen MR) is 111 cm³/mol. The van der Waals surface area contributed by atoms with Crippen molar-refractivity contribution in [2.75, 3.05) is 0 Å². The fourth-order valence-corrected chi connectivity index (χ4v) is 6.30. The van der Waals surface area contributed by atoms with Crippen molar-refractivity contribution in [2.24, 2.45) is 0 Å². The third kappa shape index (κ3) is 3.65. The molecule has 0 amide bonds. The van der Waals surface area contributed by atoms with Gasteiger partial charge in [-0.3, -0.25) is 0 Å². The van der Waals surface area contributed by atoms with E-state index in [1.165, 1.54) is 12.8 Å². The normalized spacial score (nSPS) is 40.7. The molecule has 170 valence electrons. The molecule has 5 nitrogen and oxygen atoms in total. The van der Waals surface area contributed by atoms with Gasteiger partial charge in [0.1, 0.15) is 30.5 Å². The molecule has 3 aliphatic carbocycles. The van der Waals surface area contributed by atoms with Crippen molar-refractivity contribution < 1.29 is 28.1 Å². The molecule has 3 saturated carbocycles. The van der Waals surface area contributed by atoms with Gasteiger partial charge in [-0.1, -0.05) is 43.2 Å². The van der Waals surface area contributed by atoms with Crippen molar-refractivity contribution >= 4 is 0 Å². The van der Waals surface area contributed by atoms with Crippen LogP contribution in [0.25, 0.3) is 0 Å². The maximum atomic E-state index is 16.0. The van der Waals surface area contributed by atoms with Crippen LogP contribution in [0.3, 0.4) is 0 Å². The monoisotopic (exact) mass is 432 g/mol. The van der Waals surface area contributed by atoms with Gasteiger partial charge in [-0.05, 0) is 31.2 Å². The van der Waals surface area contributed by atoms with E-state index in [1.807, 2.05) is 30.3 Å². The zero-order valence-electron chi connectivity index (χ0n) is 18.0. The van der Waals surface area contributed by atoms with Gasteiger partial charge in [-0.25, -0.2) is 4.39 Å². The van der Waals surface area contributed by atoms with Crippen molar-refractivity contribution in [1.82, 2.24) is 0 Å². The van der Waals surface area contributed by atoms with E-state index in [4.69, 9.17) is 23.7 Å². The van der Waals surface area contributed by atoms with Crippen molar-refractivity contribution in [3.05, 3.63) is 35.9 Å². The van der Waals surface area contributed by atoms with Crippen LogP contribution in [0.15, 0.2) is 30.3 Å². The van der Waals surface area contributed by atoms with Gasteiger partial charge in [-0.15, -0.1) is 0 Å². The van der Waals surface area contributed by atoms with Crippen LogP contribution >= 0.6 is 0 Å². The lowest BCUT2D eigenvalue weighted by atomic mass is 9.85. The molecule has 2 spiro atoms. The summed E-state index contributed by atoms with van der Waals surface area (Å²) in [4.78, 5) is 0. The third-order valence-electron chi connectivity index (χ3n) is 7.84. The Labute approximate surface area is 183 Å². The molecule has 31 heavy (non-hydrogen) atoms. The minimum atomic E-state index is -1.31. The predicted octanol–water partition coefficient (Wildman–Crippen LogP) is 4.81. The molecule has 2 heterocycles. The van der Waals surface area contributed by atoms with E-state index in [2.05, 4.69) is 0 Å². The van der Waals surface area contributed by atoms with E-state index in [1.54, 1.807) is 0 Å². The molecule has 5 fully saturated rings. The zero-order valence-corrected chi connectivity index (χ0v) is 18.0. The standard InChI is InChI=1S/C25H33FO5/c26-18-19(27-16-17-10-4-1-5-11-17)21-23(31-25(29-21)14-8-3-9-15-25)22-20(18)28-24(30-22)12-6-2-7-13-24/h1,4-5,10-11,18-23H,2-3,6-9,12-16H2/t18-,19-,20+,21-,22-,23-/m0/s1. The van der Waals surface area contributed by atoms with Crippen molar-refractivity contribution in [3.8, 4) is 0 Å². The zero-order chi connectivity index (χ0) is 20.9. The molecule has 0 radical (unpaired) electrons. The van der Waals surface area contributed by atoms with Gasteiger partial charge >= 0.3 is 0 Å². The Hall–Kier alpha value is -1.05. The third-order valence-corrected chi connectivity index (χ3v) is 7.84. The average Bonchev–Trinajstić information content (AvgIpc) is 3.34. The van der Waals surface area contributed by atoms with Crippen molar-refractivity contribution in [3.63, 3.8) is 0 Å². The summed E-state index contributed by atoms with van der Waals surface area (Å²) < 4.78 is 48.2. The summed E-state index contributed by atoms with van der Waals surface area (Å²) >= 11 is 0. The SMILES string of the molecule is F[C@@H]1[C@H]2OC3(CCCCC3)O[C@@H]2[C@H]2OC3(CCCCC3)O[C@H]2[C@H]1OCc1ccccc1. The molecule has 6 atom stereocenters. The first kappa shape index (κ1) is 20.5.